The number of hydrogen-bond acceptors (Lipinski definition) is 3. The van der Waals surface area contributed by atoms with Crippen LogP contribution in [-0.2, 0) is 0 Å². The van der Waals surface area contributed by atoms with E-state index in [0.29, 0.717) is 5.69 Å². The number of imidazole rings is 1. The van der Waals surface area contributed by atoms with Crippen LogP contribution >= 0.6 is 11.6 Å². The fourth-order valence-corrected chi connectivity index (χ4v) is 1.78. The van der Waals surface area contributed by atoms with Crippen LogP contribution in [0.15, 0.2) is 30.7 Å². The topological polar surface area (TPSA) is 71.2 Å². The van der Waals surface area contributed by atoms with Gasteiger partial charge in [-0.25, -0.2) is 19.5 Å². The zero-order valence-corrected chi connectivity index (χ0v) is 10.4. The highest BCUT2D eigenvalue weighted by Crippen LogP contribution is 2.20. The van der Waals surface area contributed by atoms with E-state index in [1.54, 1.807) is 31.6 Å². The van der Waals surface area contributed by atoms with Crippen LogP contribution in [0.2, 0.25) is 5.28 Å². The van der Waals surface area contributed by atoms with Gasteiger partial charge in [-0.05, 0) is 30.7 Å². The van der Waals surface area contributed by atoms with E-state index in [1.165, 1.54) is 4.68 Å². The van der Waals surface area contributed by atoms with E-state index < -0.39 is 6.09 Å². The third-order valence-electron chi connectivity index (χ3n) is 2.38. The van der Waals surface area contributed by atoms with Gasteiger partial charge in [0.25, 0.3) is 0 Å². The summed E-state index contributed by atoms with van der Waals surface area (Å²) in [7, 11) is 0. The van der Waals surface area contributed by atoms with Crippen molar-refractivity contribution in [3.05, 3.63) is 36.0 Å². The molecular formula is C11H11ClN4O2. The van der Waals surface area contributed by atoms with Gasteiger partial charge >= 0.3 is 6.09 Å². The molecule has 1 N–H and O–H groups in total. The van der Waals surface area contributed by atoms with E-state index in [4.69, 9.17) is 16.7 Å². The lowest BCUT2D eigenvalue weighted by atomic mass is 10.2. The Labute approximate surface area is 108 Å². The van der Waals surface area contributed by atoms with Crippen molar-refractivity contribution in [1.29, 1.82) is 0 Å². The molecule has 1 amide bonds. The standard InChI is InChI=1S/C11H11ClN4O2/c1-2-15(11(17)18)16-7-9(14-10(16)12)8-4-3-5-13-6-8/h3-7H,2H2,1H3,(H,17,18). The molecule has 0 aromatic carbocycles. The second-order valence-corrected chi connectivity index (χ2v) is 3.82. The molecule has 0 bridgehead atoms. The Morgan fingerprint density at radius 2 is 2.39 bits per heavy atom. The van der Waals surface area contributed by atoms with Gasteiger partial charge < -0.3 is 5.11 Å². The van der Waals surface area contributed by atoms with Crippen LogP contribution in [0.3, 0.4) is 0 Å². The molecule has 0 atom stereocenters. The molecule has 0 saturated carbocycles. The summed E-state index contributed by atoms with van der Waals surface area (Å²) >= 11 is 5.94. The molecule has 0 radical (unpaired) electrons. The Hall–Kier alpha value is -2.08. The molecule has 0 aliphatic rings. The van der Waals surface area contributed by atoms with Gasteiger partial charge in [-0.1, -0.05) is 0 Å². The van der Waals surface area contributed by atoms with E-state index in [9.17, 15) is 4.79 Å². The fraction of sp³-hybridized carbons (Fsp3) is 0.182. The van der Waals surface area contributed by atoms with Crippen LogP contribution < -0.4 is 5.01 Å². The highest BCUT2D eigenvalue weighted by molar-refractivity contribution is 6.28. The number of halogens is 1. The Kier molecular flexibility index (Phi) is 3.47. The number of carbonyl (C=O) groups is 1. The number of amides is 1. The monoisotopic (exact) mass is 266 g/mol. The second-order valence-electron chi connectivity index (χ2n) is 3.48. The molecule has 7 heteroatoms. The van der Waals surface area contributed by atoms with Gasteiger partial charge in [-0.2, -0.15) is 0 Å². The Morgan fingerprint density at radius 3 is 2.94 bits per heavy atom. The molecule has 0 fully saturated rings. The van der Waals surface area contributed by atoms with E-state index in [0.717, 1.165) is 10.6 Å². The third-order valence-corrected chi connectivity index (χ3v) is 2.64. The maximum atomic E-state index is 11.0. The Balaban J connectivity index is 2.41. The first-order chi connectivity index (χ1) is 8.63. The predicted octanol–water partition coefficient (Wildman–Crippen LogP) is 2.23. The lowest BCUT2D eigenvalue weighted by Gasteiger charge is -2.17. The van der Waals surface area contributed by atoms with Crippen molar-refractivity contribution in [1.82, 2.24) is 14.6 Å². The maximum Gasteiger partial charge on any atom is 0.426 e. The molecule has 2 aromatic heterocycles. The van der Waals surface area contributed by atoms with Gasteiger partial charge in [0.1, 0.15) is 0 Å². The highest BCUT2D eigenvalue weighted by Gasteiger charge is 2.17. The summed E-state index contributed by atoms with van der Waals surface area (Å²) < 4.78 is 1.30. The van der Waals surface area contributed by atoms with Gasteiger partial charge in [-0.3, -0.25) is 4.98 Å². The molecule has 94 valence electrons. The third kappa shape index (κ3) is 2.28. The van der Waals surface area contributed by atoms with E-state index >= 15 is 0 Å². The fourth-order valence-electron chi connectivity index (χ4n) is 1.55. The van der Waals surface area contributed by atoms with E-state index in [1.807, 2.05) is 6.07 Å². The molecule has 2 heterocycles. The van der Waals surface area contributed by atoms with Gasteiger partial charge in [0.05, 0.1) is 11.9 Å². The summed E-state index contributed by atoms with van der Waals surface area (Å²) in [4.78, 5) is 19.1. The van der Waals surface area contributed by atoms with Crippen LogP contribution in [0.25, 0.3) is 11.3 Å². The quantitative estimate of drug-likeness (QED) is 0.925. The maximum absolute atomic E-state index is 11.0. The molecular weight excluding hydrogens is 256 g/mol. The first-order valence-electron chi connectivity index (χ1n) is 5.29. The SMILES string of the molecule is CCN(C(=O)O)n1cc(-c2cccnc2)nc1Cl. The van der Waals surface area contributed by atoms with Crippen molar-refractivity contribution in [3.8, 4) is 11.3 Å². The van der Waals surface area contributed by atoms with Crippen LogP contribution in [0, 0.1) is 0 Å². The number of carboxylic acid groups (broad SMARTS) is 1. The predicted molar refractivity (Wildman–Crippen MR) is 67.3 cm³/mol. The molecule has 0 aliphatic heterocycles. The largest absolute Gasteiger partial charge is 0.464 e. The van der Waals surface area contributed by atoms with Crippen LogP contribution in [0.4, 0.5) is 4.79 Å². The second kappa shape index (κ2) is 5.05. The molecule has 18 heavy (non-hydrogen) atoms. The lowest BCUT2D eigenvalue weighted by molar-refractivity contribution is 0.195. The molecule has 6 nitrogen and oxygen atoms in total. The summed E-state index contributed by atoms with van der Waals surface area (Å²) in [5.74, 6) is 0. The van der Waals surface area contributed by atoms with Crippen molar-refractivity contribution in [2.45, 2.75) is 6.92 Å². The summed E-state index contributed by atoms with van der Waals surface area (Å²) in [5.41, 5.74) is 1.35. The average molecular weight is 267 g/mol. The summed E-state index contributed by atoms with van der Waals surface area (Å²) in [6, 6.07) is 3.60. The first kappa shape index (κ1) is 12.4. The minimum Gasteiger partial charge on any atom is -0.464 e. The minimum atomic E-state index is -1.09. The number of nitrogens with zero attached hydrogens (tertiary/aromatic N) is 4. The molecule has 0 spiro atoms. The molecule has 0 saturated heterocycles. The summed E-state index contributed by atoms with van der Waals surface area (Å²) in [6.07, 6.45) is 3.77. The smallest absolute Gasteiger partial charge is 0.426 e. The summed E-state index contributed by atoms with van der Waals surface area (Å²) in [5, 5.41) is 10.2. The van der Waals surface area contributed by atoms with E-state index in [-0.39, 0.29) is 11.8 Å². The van der Waals surface area contributed by atoms with Crippen molar-refractivity contribution in [2.75, 3.05) is 11.6 Å². The molecule has 0 aliphatic carbocycles. The molecule has 0 unspecified atom stereocenters. The van der Waals surface area contributed by atoms with Crippen molar-refractivity contribution in [2.24, 2.45) is 0 Å². The van der Waals surface area contributed by atoms with Crippen molar-refractivity contribution >= 4 is 17.7 Å². The van der Waals surface area contributed by atoms with E-state index in [2.05, 4.69) is 9.97 Å². The average Bonchev–Trinajstić information content (AvgIpc) is 2.73. The highest BCUT2D eigenvalue weighted by atomic mass is 35.5. The van der Waals surface area contributed by atoms with Gasteiger partial charge in [-0.15, -0.1) is 0 Å². The number of aromatic nitrogens is 3. The van der Waals surface area contributed by atoms with Crippen LogP contribution in [-0.4, -0.2) is 32.4 Å². The normalized spacial score (nSPS) is 10.3. The number of pyridine rings is 1. The Bertz CT molecular complexity index is 555. The first-order valence-corrected chi connectivity index (χ1v) is 5.67. The van der Waals surface area contributed by atoms with Crippen molar-refractivity contribution in [3.63, 3.8) is 0 Å². The lowest BCUT2D eigenvalue weighted by Crippen LogP contribution is -2.38. The van der Waals surface area contributed by atoms with Crippen LogP contribution in [0.1, 0.15) is 6.92 Å². The Morgan fingerprint density at radius 1 is 1.61 bits per heavy atom. The molecule has 2 aromatic rings. The number of rotatable bonds is 3. The number of hydrogen-bond donors (Lipinski definition) is 1. The van der Waals surface area contributed by atoms with Gasteiger partial charge in [0.2, 0.25) is 5.28 Å². The van der Waals surface area contributed by atoms with Gasteiger partial charge in [0.15, 0.2) is 0 Å². The van der Waals surface area contributed by atoms with Gasteiger partial charge in [0, 0.05) is 24.5 Å². The zero-order chi connectivity index (χ0) is 13.1. The van der Waals surface area contributed by atoms with Crippen LogP contribution in [0.5, 0.6) is 0 Å². The molecule has 2 rings (SSSR count). The zero-order valence-electron chi connectivity index (χ0n) is 9.62. The van der Waals surface area contributed by atoms with Crippen molar-refractivity contribution < 1.29 is 9.90 Å². The minimum absolute atomic E-state index is 0.0955. The summed E-state index contributed by atoms with van der Waals surface area (Å²) in [6.45, 7) is 1.99.